The van der Waals surface area contributed by atoms with E-state index in [9.17, 15) is 24.4 Å². The molecule has 113 heavy (non-hydrogen) atoms. The van der Waals surface area contributed by atoms with Gasteiger partial charge in [0.15, 0.2) is 39.0 Å². The first-order valence-electron chi connectivity index (χ1n) is 35.0. The summed E-state index contributed by atoms with van der Waals surface area (Å²) in [4.78, 5) is 105. The Morgan fingerprint density at radius 3 is 1.42 bits per heavy atom. The molecule has 0 saturated carbocycles. The van der Waals surface area contributed by atoms with Crippen LogP contribution in [0.25, 0.3) is 166 Å². The van der Waals surface area contributed by atoms with Gasteiger partial charge < -0.3 is 37.9 Å². The van der Waals surface area contributed by atoms with Crippen LogP contribution in [0.3, 0.4) is 0 Å². The molecule has 0 spiro atoms. The monoisotopic (exact) mass is 1500 g/mol. The summed E-state index contributed by atoms with van der Waals surface area (Å²) in [6.07, 6.45) is 24.0. The van der Waals surface area contributed by atoms with Crippen molar-refractivity contribution >= 4 is 100 Å². The molecule has 28 heteroatoms. The fourth-order valence-electron chi connectivity index (χ4n) is 13.5. The molecule has 20 rings (SSSR count). The molecule has 0 amide bonds. The maximum absolute atomic E-state index is 12.4. The number of rotatable bonds is 8. The van der Waals surface area contributed by atoms with E-state index in [1.54, 1.807) is 120 Å². The predicted octanol–water partition coefficient (Wildman–Crippen LogP) is 15.4. The van der Waals surface area contributed by atoms with Gasteiger partial charge in [0.1, 0.15) is 28.2 Å². The standard InChI is InChI=1S/C23H15N5O.C22H16N4O.C20H12ClN7O.C20H13N7O/c1-28-13-26-19-6-5-15(10-20(19)28)17-11-18-21(29)7-8-25-23(18)27-22(17)16-4-2-3-14(9-16)12-24;1-26-13-24-18-8-7-15(11-19(18)26)16-12-17-20(27)9-10-23-22(17)25-21(16)14-5-3-2-4-6-14;1-11-16(22-2)10-28(26-11)19-13(8-14-17(29)3-4-23-18(14)25-19)12-7-15(21)20-24-5-6-27(20)9-12;1-12-16(21-2)11-27(25-12)20-14(9-15-17(28)5-6-23-19(15)24-20)13-3-4-18-22-7-8-26(18)10-13/h2-11,13H,1H3,(H,25,27,29);2-13H,1H3,(H,23,25,27);3-10H,1H3,(H,23,25,29);3-11H,1H3,(H,23,24,28). The maximum Gasteiger partial charge on any atom is 0.227 e. The second kappa shape index (κ2) is 28.8. The van der Waals surface area contributed by atoms with Crippen LogP contribution < -0.4 is 21.7 Å². The summed E-state index contributed by atoms with van der Waals surface area (Å²) in [5.74, 6) is 1.01. The molecular weight excluding hydrogens is 1440 g/mol. The molecule has 4 N–H and O–H groups in total. The summed E-state index contributed by atoms with van der Waals surface area (Å²) < 4.78 is 10.8. The van der Waals surface area contributed by atoms with Crippen molar-refractivity contribution in [3.63, 3.8) is 0 Å². The van der Waals surface area contributed by atoms with E-state index >= 15 is 0 Å². The van der Waals surface area contributed by atoms with Crippen LogP contribution in [-0.4, -0.2) is 97.3 Å². The van der Waals surface area contributed by atoms with Gasteiger partial charge in [0, 0.05) is 157 Å². The van der Waals surface area contributed by atoms with E-state index in [2.05, 4.69) is 81.9 Å². The van der Waals surface area contributed by atoms with Crippen LogP contribution in [0, 0.1) is 38.3 Å². The lowest BCUT2D eigenvalue weighted by molar-refractivity contribution is 0.837. The van der Waals surface area contributed by atoms with Gasteiger partial charge in [-0.2, -0.15) is 15.5 Å². The number of fused-ring (bicyclic) bond motifs is 8. The van der Waals surface area contributed by atoms with Crippen LogP contribution in [-0.2, 0) is 14.1 Å². The van der Waals surface area contributed by atoms with Crippen LogP contribution in [0.1, 0.15) is 17.0 Å². The zero-order valence-corrected chi connectivity index (χ0v) is 60.9. The Bertz CT molecular complexity index is 7640. The van der Waals surface area contributed by atoms with E-state index < -0.39 is 0 Å². The van der Waals surface area contributed by atoms with E-state index in [4.69, 9.17) is 34.7 Å². The van der Waals surface area contributed by atoms with Gasteiger partial charge in [-0.3, -0.25) is 19.2 Å². The molecule has 16 heterocycles. The molecule has 0 fully saturated rings. The lowest BCUT2D eigenvalue weighted by Gasteiger charge is -2.12. The molecule has 542 valence electrons. The lowest BCUT2D eigenvalue weighted by atomic mass is 9.97. The van der Waals surface area contributed by atoms with Gasteiger partial charge >= 0.3 is 0 Å². The Kier molecular flexibility index (Phi) is 17.8. The van der Waals surface area contributed by atoms with Gasteiger partial charge in [-0.1, -0.05) is 66.2 Å². The summed E-state index contributed by atoms with van der Waals surface area (Å²) >= 11 is 6.42. The number of imidazole rings is 4. The van der Waals surface area contributed by atoms with E-state index in [0.29, 0.717) is 106 Å². The fourth-order valence-corrected chi connectivity index (χ4v) is 13.8. The third kappa shape index (κ3) is 13.2. The third-order valence-electron chi connectivity index (χ3n) is 19.2. The zero-order valence-electron chi connectivity index (χ0n) is 60.1. The highest BCUT2D eigenvalue weighted by atomic mass is 35.5. The van der Waals surface area contributed by atoms with Crippen LogP contribution in [0.4, 0.5) is 11.4 Å². The average Bonchev–Trinajstić information content (AvgIpc) is 1.77. The largest absolute Gasteiger partial charge is 0.346 e. The van der Waals surface area contributed by atoms with Gasteiger partial charge in [-0.15, -0.1) is 0 Å². The first-order valence-corrected chi connectivity index (χ1v) is 35.3. The molecule has 0 unspecified atom stereocenters. The van der Waals surface area contributed by atoms with Crippen molar-refractivity contribution in [2.24, 2.45) is 14.1 Å². The number of nitrogens with zero attached hydrogens (tertiary/aromatic N) is 19. The smallest absolute Gasteiger partial charge is 0.227 e. The van der Waals surface area contributed by atoms with Crippen LogP contribution >= 0.6 is 11.6 Å². The number of hydrogen-bond acceptors (Lipinski definition) is 15. The second-order valence-corrected chi connectivity index (χ2v) is 26.7. The highest BCUT2D eigenvalue weighted by Crippen LogP contribution is 2.38. The summed E-state index contributed by atoms with van der Waals surface area (Å²) in [6.45, 7) is 18.2. The Balaban J connectivity index is 0.000000109. The summed E-state index contributed by atoms with van der Waals surface area (Å²) in [5, 5.41) is 20.7. The normalized spacial score (nSPS) is 11.2. The van der Waals surface area contributed by atoms with Gasteiger partial charge in [0.2, 0.25) is 11.4 Å². The SMILES string of the molecule is Cn1cnc2ccc(-c3cc4c(=O)cc[nH]c4nc3-c3cccc(C#N)c3)cc21.Cn1cnc2ccc(-c3cc4c(=O)cc[nH]c4nc3-c3ccccc3)cc21.[C-]#[N+]c1cn(-c2nc3[nH]ccc(=O)c3cc2-c2cc(Cl)c3nccn3c2)nc1C.[C-]#[N+]c1cn(-c2nc3[nH]ccc(=O)c3cc2-c2ccc3nccn3c2)nc1C. The van der Waals surface area contributed by atoms with E-state index in [1.807, 2.05) is 149 Å². The molecular formula is C85H56ClN23O4. The molecule has 27 nitrogen and oxygen atoms in total. The third-order valence-corrected chi connectivity index (χ3v) is 19.5. The van der Waals surface area contributed by atoms with Crippen molar-refractivity contribution in [3.05, 3.63) is 330 Å². The minimum atomic E-state index is -0.146. The van der Waals surface area contributed by atoms with E-state index in [-0.39, 0.29) is 21.7 Å². The van der Waals surface area contributed by atoms with Crippen LogP contribution in [0.2, 0.25) is 5.02 Å². The van der Waals surface area contributed by atoms with Gasteiger partial charge in [0.05, 0.1) is 109 Å². The molecule has 0 radical (unpaired) electrons. The van der Waals surface area contributed by atoms with E-state index in [1.165, 1.54) is 24.3 Å². The maximum atomic E-state index is 12.4. The molecule has 4 aromatic carbocycles. The summed E-state index contributed by atoms with van der Waals surface area (Å²) in [6, 6.07) is 50.5. The van der Waals surface area contributed by atoms with Crippen LogP contribution in [0.5, 0.6) is 0 Å². The predicted molar refractivity (Wildman–Crippen MR) is 434 cm³/mol. The minimum Gasteiger partial charge on any atom is -0.346 e. The van der Waals surface area contributed by atoms with Gasteiger partial charge in [-0.25, -0.2) is 58.9 Å². The number of pyridine rings is 10. The number of halogens is 1. The van der Waals surface area contributed by atoms with Crippen molar-refractivity contribution in [3.8, 4) is 84.7 Å². The number of aromatic nitrogens is 20. The Labute approximate surface area is 642 Å². The molecule has 0 aliphatic heterocycles. The first-order chi connectivity index (χ1) is 55.0. The first kappa shape index (κ1) is 69.8. The number of nitriles is 1. The van der Waals surface area contributed by atoms with Crippen LogP contribution in [0.15, 0.2) is 264 Å². The topological polar surface area (TPSA) is 321 Å². The Hall–Kier alpha value is -16.2. The lowest BCUT2D eigenvalue weighted by Crippen LogP contribution is -2.07. The van der Waals surface area contributed by atoms with Crippen molar-refractivity contribution in [1.29, 1.82) is 5.26 Å². The molecule has 0 bridgehead atoms. The fraction of sp³-hybridized carbons (Fsp3) is 0.0471. The average molecular weight is 1500 g/mol. The van der Waals surface area contributed by atoms with Crippen molar-refractivity contribution in [2.45, 2.75) is 13.8 Å². The Morgan fingerprint density at radius 1 is 0.442 bits per heavy atom. The molecule has 0 saturated heterocycles. The highest BCUT2D eigenvalue weighted by Gasteiger charge is 2.22. The second-order valence-electron chi connectivity index (χ2n) is 26.3. The molecule has 0 atom stereocenters. The molecule has 16 aromatic heterocycles. The highest BCUT2D eigenvalue weighted by molar-refractivity contribution is 6.33. The number of H-pyrrole nitrogens is 4. The summed E-state index contributed by atoms with van der Waals surface area (Å²) in [7, 11) is 3.92. The molecule has 0 aliphatic rings. The number of aryl methyl sites for hydroxylation is 4. The number of nitrogens with one attached hydrogen (secondary N) is 4. The van der Waals surface area contributed by atoms with E-state index in [0.717, 1.165) is 83.5 Å². The quantitative estimate of drug-likeness (QED) is 0.103. The van der Waals surface area contributed by atoms with Crippen molar-refractivity contribution < 1.29 is 0 Å². The number of aromatic amines is 4. The van der Waals surface area contributed by atoms with Crippen molar-refractivity contribution in [2.75, 3.05) is 0 Å². The summed E-state index contributed by atoms with van der Waals surface area (Å²) in [5.41, 5.74) is 19.6. The number of benzene rings is 4. The van der Waals surface area contributed by atoms with Gasteiger partial charge in [-0.05, 0) is 104 Å². The zero-order chi connectivity index (χ0) is 77.7. The number of hydrogen-bond donors (Lipinski definition) is 4. The van der Waals surface area contributed by atoms with Crippen molar-refractivity contribution in [1.82, 2.24) is 97.3 Å². The molecule has 20 aromatic rings. The Morgan fingerprint density at radius 2 is 0.903 bits per heavy atom. The molecule has 0 aliphatic carbocycles. The van der Waals surface area contributed by atoms with Gasteiger partial charge in [0.25, 0.3) is 0 Å². The minimum absolute atomic E-state index is 0.0428.